The Labute approximate surface area is 243 Å². The number of hydrogen-bond donors (Lipinski definition) is 2. The van der Waals surface area contributed by atoms with E-state index in [0.717, 1.165) is 54.3 Å². The zero-order valence-corrected chi connectivity index (χ0v) is 24.0. The van der Waals surface area contributed by atoms with E-state index in [1.807, 2.05) is 97.1 Å². The third kappa shape index (κ3) is 8.82. The zero-order valence-electron chi connectivity index (χ0n) is 24.0. The normalized spacial score (nSPS) is 12.2. The van der Waals surface area contributed by atoms with Crippen molar-refractivity contribution in [1.29, 1.82) is 0 Å². The van der Waals surface area contributed by atoms with Crippen molar-refractivity contribution in [1.82, 2.24) is 4.90 Å². The molecule has 2 N–H and O–H groups in total. The molecule has 0 aliphatic heterocycles. The Balaban J connectivity index is 1.41. The first-order valence-corrected chi connectivity index (χ1v) is 14.1. The maximum atomic E-state index is 12.1. The summed E-state index contributed by atoms with van der Waals surface area (Å²) in [7, 11) is 3.27. The van der Waals surface area contributed by atoms with Crippen molar-refractivity contribution < 1.29 is 24.4 Å². The molecule has 4 aromatic rings. The summed E-state index contributed by atoms with van der Waals surface area (Å²) in [6.45, 7) is 2.22. The molecule has 0 bridgehead atoms. The van der Waals surface area contributed by atoms with Crippen LogP contribution in [-0.4, -0.2) is 55.1 Å². The first kappa shape index (κ1) is 30.1. The standard InChI is InChI=1S/C35H41NO5/c1-39-32-19-15-29(16-20-32)35(38,30-17-21-33(40-2)22-18-30)23-9-10-24-36(25-28-11-5-3-6-12-28)26-31(37)27-41-34-13-7-4-8-14-34/h3-8,11-22,31,37-38H,9-10,23-27H2,1-2H3/t31-/m0/s1. The molecule has 0 saturated heterocycles. The van der Waals surface area contributed by atoms with Crippen LogP contribution in [0.2, 0.25) is 0 Å². The van der Waals surface area contributed by atoms with E-state index in [2.05, 4.69) is 17.0 Å². The fourth-order valence-corrected chi connectivity index (χ4v) is 5.04. The van der Waals surface area contributed by atoms with E-state index < -0.39 is 11.7 Å². The largest absolute Gasteiger partial charge is 0.497 e. The van der Waals surface area contributed by atoms with Crippen molar-refractivity contribution in [2.24, 2.45) is 0 Å². The molecule has 216 valence electrons. The molecule has 6 heteroatoms. The molecular formula is C35H41NO5. The number of benzene rings is 4. The molecule has 6 nitrogen and oxygen atoms in total. The van der Waals surface area contributed by atoms with Crippen molar-refractivity contribution in [2.75, 3.05) is 33.9 Å². The van der Waals surface area contributed by atoms with Crippen LogP contribution in [-0.2, 0) is 12.1 Å². The maximum Gasteiger partial charge on any atom is 0.119 e. The average Bonchev–Trinajstić information content (AvgIpc) is 3.03. The van der Waals surface area contributed by atoms with Crippen molar-refractivity contribution in [2.45, 2.75) is 37.5 Å². The summed E-state index contributed by atoms with van der Waals surface area (Å²) in [5, 5.41) is 22.9. The van der Waals surface area contributed by atoms with Crippen LogP contribution < -0.4 is 14.2 Å². The van der Waals surface area contributed by atoms with E-state index in [-0.39, 0.29) is 6.61 Å². The van der Waals surface area contributed by atoms with Gasteiger partial charge in [0.1, 0.15) is 35.6 Å². The first-order chi connectivity index (χ1) is 20.0. The molecule has 0 amide bonds. The fourth-order valence-electron chi connectivity index (χ4n) is 5.04. The van der Waals surface area contributed by atoms with E-state index in [1.54, 1.807) is 14.2 Å². The number of methoxy groups -OCH3 is 2. The second kappa shape index (κ2) is 15.2. The number of hydrogen-bond acceptors (Lipinski definition) is 6. The minimum Gasteiger partial charge on any atom is -0.497 e. The Hall–Kier alpha value is -3.84. The SMILES string of the molecule is COc1ccc(C(O)(CCCCN(Cc2ccccc2)C[C@H](O)COc2ccccc2)c2ccc(OC)cc2)cc1. The van der Waals surface area contributed by atoms with Gasteiger partial charge in [0, 0.05) is 13.1 Å². The molecule has 0 unspecified atom stereocenters. The number of para-hydroxylation sites is 1. The summed E-state index contributed by atoms with van der Waals surface area (Å²) >= 11 is 0. The molecule has 0 aromatic heterocycles. The van der Waals surface area contributed by atoms with Gasteiger partial charge in [-0.05, 0) is 78.9 Å². The summed E-state index contributed by atoms with van der Waals surface area (Å²) in [6.07, 6.45) is 1.56. The van der Waals surface area contributed by atoms with Crippen LogP contribution in [0.5, 0.6) is 17.2 Å². The van der Waals surface area contributed by atoms with Gasteiger partial charge in [-0.25, -0.2) is 0 Å². The number of nitrogens with zero attached hydrogens (tertiary/aromatic N) is 1. The summed E-state index contributed by atoms with van der Waals surface area (Å²) in [5.41, 5.74) is 1.67. The van der Waals surface area contributed by atoms with E-state index in [1.165, 1.54) is 5.56 Å². The Bertz CT molecular complexity index is 1230. The van der Waals surface area contributed by atoms with Crippen molar-refractivity contribution in [3.63, 3.8) is 0 Å². The van der Waals surface area contributed by atoms with Crippen LogP contribution in [0.1, 0.15) is 36.0 Å². The molecule has 4 aromatic carbocycles. The van der Waals surface area contributed by atoms with Crippen LogP contribution >= 0.6 is 0 Å². The van der Waals surface area contributed by atoms with E-state index >= 15 is 0 Å². The first-order valence-electron chi connectivity index (χ1n) is 14.1. The van der Waals surface area contributed by atoms with Crippen LogP contribution in [0.4, 0.5) is 0 Å². The lowest BCUT2D eigenvalue weighted by Crippen LogP contribution is -2.36. The minimum absolute atomic E-state index is 0.226. The molecule has 0 aliphatic carbocycles. The minimum atomic E-state index is -1.16. The lowest BCUT2D eigenvalue weighted by molar-refractivity contribution is 0.0573. The zero-order chi connectivity index (χ0) is 28.9. The molecule has 0 heterocycles. The third-order valence-electron chi connectivity index (χ3n) is 7.30. The smallest absolute Gasteiger partial charge is 0.119 e. The van der Waals surface area contributed by atoms with E-state index in [0.29, 0.717) is 13.0 Å². The Morgan fingerprint density at radius 3 is 1.76 bits per heavy atom. The molecule has 0 radical (unpaired) electrons. The van der Waals surface area contributed by atoms with Gasteiger partial charge in [-0.3, -0.25) is 4.90 Å². The Kier molecular flexibility index (Phi) is 11.2. The lowest BCUT2D eigenvalue weighted by Gasteiger charge is -2.31. The second-order valence-corrected chi connectivity index (χ2v) is 10.3. The topological polar surface area (TPSA) is 71.4 Å². The van der Waals surface area contributed by atoms with Gasteiger partial charge in [-0.2, -0.15) is 0 Å². The van der Waals surface area contributed by atoms with Crippen molar-refractivity contribution in [3.05, 3.63) is 126 Å². The Morgan fingerprint density at radius 1 is 0.683 bits per heavy atom. The number of aliphatic hydroxyl groups excluding tert-OH is 1. The Morgan fingerprint density at radius 2 is 1.22 bits per heavy atom. The maximum absolute atomic E-state index is 12.1. The monoisotopic (exact) mass is 555 g/mol. The molecular weight excluding hydrogens is 514 g/mol. The summed E-state index contributed by atoms with van der Waals surface area (Å²) in [5.74, 6) is 2.24. The van der Waals surface area contributed by atoms with Gasteiger partial charge >= 0.3 is 0 Å². The third-order valence-corrected chi connectivity index (χ3v) is 7.30. The molecule has 0 spiro atoms. The number of ether oxygens (including phenoxy) is 3. The van der Waals surface area contributed by atoms with Gasteiger partial charge in [0.25, 0.3) is 0 Å². The highest BCUT2D eigenvalue weighted by Gasteiger charge is 2.31. The summed E-state index contributed by atoms with van der Waals surface area (Å²) in [6, 6.07) is 35.1. The van der Waals surface area contributed by atoms with Gasteiger partial charge in [-0.1, -0.05) is 72.8 Å². The highest BCUT2D eigenvalue weighted by atomic mass is 16.5. The predicted octanol–water partition coefficient (Wildman–Crippen LogP) is 6.05. The van der Waals surface area contributed by atoms with Crippen molar-refractivity contribution >= 4 is 0 Å². The highest BCUT2D eigenvalue weighted by Crippen LogP contribution is 2.36. The van der Waals surface area contributed by atoms with Gasteiger partial charge in [-0.15, -0.1) is 0 Å². The van der Waals surface area contributed by atoms with Crippen LogP contribution in [0.25, 0.3) is 0 Å². The predicted molar refractivity (Wildman–Crippen MR) is 163 cm³/mol. The van der Waals surface area contributed by atoms with Gasteiger partial charge in [0.05, 0.1) is 14.2 Å². The molecule has 0 fully saturated rings. The average molecular weight is 556 g/mol. The quantitative estimate of drug-likeness (QED) is 0.164. The lowest BCUT2D eigenvalue weighted by atomic mass is 9.82. The fraction of sp³-hybridized carbons (Fsp3) is 0.314. The molecule has 0 aliphatic rings. The molecule has 0 saturated carbocycles. The van der Waals surface area contributed by atoms with Crippen molar-refractivity contribution in [3.8, 4) is 17.2 Å². The molecule has 41 heavy (non-hydrogen) atoms. The summed E-state index contributed by atoms with van der Waals surface area (Å²) < 4.78 is 16.5. The van der Waals surface area contributed by atoms with E-state index in [4.69, 9.17) is 14.2 Å². The van der Waals surface area contributed by atoms with Gasteiger partial charge in [0.2, 0.25) is 0 Å². The van der Waals surface area contributed by atoms with E-state index in [9.17, 15) is 10.2 Å². The van der Waals surface area contributed by atoms with Gasteiger partial charge in [0.15, 0.2) is 0 Å². The second-order valence-electron chi connectivity index (χ2n) is 10.3. The van der Waals surface area contributed by atoms with Crippen LogP contribution in [0.15, 0.2) is 109 Å². The molecule has 1 atom stereocenters. The number of rotatable bonds is 16. The van der Waals surface area contributed by atoms with Gasteiger partial charge < -0.3 is 24.4 Å². The summed E-state index contributed by atoms with van der Waals surface area (Å²) in [4.78, 5) is 2.26. The number of aliphatic hydroxyl groups is 2. The van der Waals surface area contributed by atoms with Crippen LogP contribution in [0.3, 0.4) is 0 Å². The highest BCUT2D eigenvalue weighted by molar-refractivity contribution is 5.40. The number of unbranched alkanes of at least 4 members (excludes halogenated alkanes) is 1. The molecule has 4 rings (SSSR count). The van der Waals surface area contributed by atoms with Crippen LogP contribution in [0, 0.1) is 0 Å².